The minimum Gasteiger partial charge on any atom is -0.508 e. The number of carbonyl (C=O) groups is 1. The van der Waals surface area contributed by atoms with E-state index in [-0.39, 0.29) is 34.3 Å². The molecule has 5 heteroatoms. The van der Waals surface area contributed by atoms with Crippen molar-refractivity contribution in [3.63, 3.8) is 0 Å². The topological polar surface area (TPSA) is 98.0 Å². The molecule has 4 N–H and O–H groups in total. The third kappa shape index (κ3) is 4.51. The molecule has 0 aromatic heterocycles. The molecule has 0 unspecified atom stereocenters. The van der Waals surface area contributed by atoms with E-state index < -0.39 is 0 Å². The summed E-state index contributed by atoms with van der Waals surface area (Å²) in [5.41, 5.74) is 0.687. The van der Waals surface area contributed by atoms with Crippen LogP contribution in [0.3, 0.4) is 0 Å². The van der Waals surface area contributed by atoms with Crippen molar-refractivity contribution in [2.75, 3.05) is 0 Å². The highest BCUT2D eigenvalue weighted by Gasteiger charge is 2.13. The Hall–Kier alpha value is -3.47. The fourth-order valence-corrected chi connectivity index (χ4v) is 1.95. The highest BCUT2D eigenvalue weighted by Crippen LogP contribution is 2.24. The number of ketones is 1. The maximum Gasteiger partial charge on any atom is 0.196 e. The normalized spacial score (nSPS) is 9.67. The van der Waals surface area contributed by atoms with E-state index in [0.29, 0.717) is 5.56 Å². The molecule has 0 bridgehead atoms. The summed E-state index contributed by atoms with van der Waals surface area (Å²) >= 11 is 0. The molecule has 3 aromatic rings. The first-order chi connectivity index (χ1) is 11.5. The predicted molar refractivity (Wildman–Crippen MR) is 89.4 cm³/mol. The SMILES string of the molecule is O=C(c1ccccc1)c1ccc(O)cc1O.Oc1cccc(O)c1. The molecule has 0 spiro atoms. The third-order valence-electron chi connectivity index (χ3n) is 3.09. The Morgan fingerprint density at radius 2 is 1.21 bits per heavy atom. The summed E-state index contributed by atoms with van der Waals surface area (Å²) in [6.45, 7) is 0. The van der Waals surface area contributed by atoms with E-state index in [1.807, 2.05) is 6.07 Å². The van der Waals surface area contributed by atoms with Crippen LogP contribution in [-0.4, -0.2) is 26.2 Å². The van der Waals surface area contributed by atoms with E-state index >= 15 is 0 Å². The van der Waals surface area contributed by atoms with Crippen LogP contribution in [0.25, 0.3) is 0 Å². The molecule has 3 aromatic carbocycles. The van der Waals surface area contributed by atoms with Gasteiger partial charge in [-0.2, -0.15) is 0 Å². The summed E-state index contributed by atoms with van der Waals surface area (Å²) in [6, 6.07) is 18.4. The minimum atomic E-state index is -0.266. The van der Waals surface area contributed by atoms with Crippen molar-refractivity contribution in [3.8, 4) is 23.0 Å². The van der Waals surface area contributed by atoms with Gasteiger partial charge >= 0.3 is 0 Å². The highest BCUT2D eigenvalue weighted by molar-refractivity contribution is 6.10. The van der Waals surface area contributed by atoms with Gasteiger partial charge in [-0.05, 0) is 24.3 Å². The smallest absolute Gasteiger partial charge is 0.196 e. The number of benzene rings is 3. The maximum absolute atomic E-state index is 11.9. The van der Waals surface area contributed by atoms with E-state index in [1.165, 1.54) is 30.3 Å². The molecule has 0 amide bonds. The van der Waals surface area contributed by atoms with Gasteiger partial charge in [0.05, 0.1) is 5.56 Å². The first-order valence-electron chi connectivity index (χ1n) is 7.07. The van der Waals surface area contributed by atoms with Crippen molar-refractivity contribution in [1.82, 2.24) is 0 Å². The number of rotatable bonds is 2. The van der Waals surface area contributed by atoms with Crippen molar-refractivity contribution in [2.45, 2.75) is 0 Å². The van der Waals surface area contributed by atoms with Gasteiger partial charge < -0.3 is 20.4 Å². The molecule has 0 saturated heterocycles. The number of aromatic hydroxyl groups is 4. The zero-order valence-corrected chi connectivity index (χ0v) is 12.6. The van der Waals surface area contributed by atoms with Crippen LogP contribution in [0.2, 0.25) is 0 Å². The maximum atomic E-state index is 11.9. The van der Waals surface area contributed by atoms with E-state index in [9.17, 15) is 9.90 Å². The molecule has 0 atom stereocenters. The van der Waals surface area contributed by atoms with Crippen molar-refractivity contribution >= 4 is 5.78 Å². The molecule has 0 aliphatic rings. The van der Waals surface area contributed by atoms with Gasteiger partial charge in [0.25, 0.3) is 0 Å². The van der Waals surface area contributed by atoms with Gasteiger partial charge in [0.15, 0.2) is 5.78 Å². The summed E-state index contributed by atoms with van der Waals surface area (Å²) in [5, 5.41) is 36.0. The van der Waals surface area contributed by atoms with Crippen LogP contribution in [-0.2, 0) is 0 Å². The second-order valence-electron chi connectivity index (χ2n) is 4.92. The number of hydrogen-bond acceptors (Lipinski definition) is 5. The Morgan fingerprint density at radius 1 is 0.625 bits per heavy atom. The van der Waals surface area contributed by atoms with Gasteiger partial charge in [-0.15, -0.1) is 0 Å². The number of hydrogen-bond donors (Lipinski definition) is 4. The lowest BCUT2D eigenvalue weighted by atomic mass is 10.0. The molecule has 0 aliphatic carbocycles. The van der Waals surface area contributed by atoms with Crippen LogP contribution in [0.4, 0.5) is 0 Å². The van der Waals surface area contributed by atoms with Gasteiger partial charge in [-0.3, -0.25) is 4.79 Å². The lowest BCUT2D eigenvalue weighted by molar-refractivity contribution is 0.103. The lowest BCUT2D eigenvalue weighted by Gasteiger charge is -2.04. The number of phenols is 4. The quantitative estimate of drug-likeness (QED) is 0.541. The van der Waals surface area contributed by atoms with Crippen molar-refractivity contribution in [2.24, 2.45) is 0 Å². The molecule has 0 heterocycles. The predicted octanol–water partition coefficient (Wildman–Crippen LogP) is 3.43. The standard InChI is InChI=1S/C13H10O3.C6H6O2/c14-10-6-7-11(12(15)8-10)13(16)9-4-2-1-3-5-9;7-5-2-1-3-6(8)4-5/h1-8,14-15H;1-4,7-8H. The zero-order chi connectivity index (χ0) is 17.5. The summed E-state index contributed by atoms with van der Waals surface area (Å²) in [6.07, 6.45) is 0. The molecule has 122 valence electrons. The summed E-state index contributed by atoms with van der Waals surface area (Å²) in [5.74, 6) is -0.371. The second-order valence-corrected chi connectivity index (χ2v) is 4.92. The zero-order valence-electron chi connectivity index (χ0n) is 12.6. The average molecular weight is 324 g/mol. The van der Waals surface area contributed by atoms with E-state index in [0.717, 1.165) is 6.07 Å². The van der Waals surface area contributed by atoms with Gasteiger partial charge in [-0.25, -0.2) is 0 Å². The molecular formula is C19H16O5. The van der Waals surface area contributed by atoms with Crippen LogP contribution >= 0.6 is 0 Å². The Labute approximate surface area is 138 Å². The van der Waals surface area contributed by atoms with Crippen molar-refractivity contribution in [3.05, 3.63) is 83.9 Å². The van der Waals surface area contributed by atoms with Gasteiger partial charge in [-0.1, -0.05) is 36.4 Å². The number of carbonyl (C=O) groups excluding carboxylic acids is 1. The molecule has 0 aliphatic heterocycles. The lowest BCUT2D eigenvalue weighted by Crippen LogP contribution is -2.00. The van der Waals surface area contributed by atoms with Crippen molar-refractivity contribution in [1.29, 1.82) is 0 Å². The first-order valence-corrected chi connectivity index (χ1v) is 7.07. The van der Waals surface area contributed by atoms with Crippen LogP contribution < -0.4 is 0 Å². The Morgan fingerprint density at radius 3 is 1.71 bits per heavy atom. The number of phenolic OH excluding ortho intramolecular Hbond substituents is 4. The summed E-state index contributed by atoms with van der Waals surface area (Å²) < 4.78 is 0. The summed E-state index contributed by atoms with van der Waals surface area (Å²) in [4.78, 5) is 11.9. The van der Waals surface area contributed by atoms with Crippen molar-refractivity contribution < 1.29 is 25.2 Å². The third-order valence-corrected chi connectivity index (χ3v) is 3.09. The Bertz CT molecular complexity index is 811. The van der Waals surface area contributed by atoms with Crippen LogP contribution in [0.15, 0.2) is 72.8 Å². The molecule has 5 nitrogen and oxygen atoms in total. The second kappa shape index (κ2) is 7.69. The van der Waals surface area contributed by atoms with Gasteiger partial charge in [0, 0.05) is 17.7 Å². The van der Waals surface area contributed by atoms with Crippen LogP contribution in [0.1, 0.15) is 15.9 Å². The van der Waals surface area contributed by atoms with Crippen LogP contribution in [0, 0.1) is 0 Å². The minimum absolute atomic E-state index is 0.0675. The van der Waals surface area contributed by atoms with E-state index in [4.69, 9.17) is 15.3 Å². The largest absolute Gasteiger partial charge is 0.508 e. The Balaban J connectivity index is 0.000000219. The van der Waals surface area contributed by atoms with Crippen LogP contribution in [0.5, 0.6) is 23.0 Å². The highest BCUT2D eigenvalue weighted by atomic mass is 16.3. The first kappa shape index (κ1) is 16.9. The molecule has 0 radical (unpaired) electrons. The molecule has 0 saturated carbocycles. The average Bonchev–Trinajstić information content (AvgIpc) is 2.55. The Kier molecular flexibility index (Phi) is 5.41. The monoisotopic (exact) mass is 324 g/mol. The fourth-order valence-electron chi connectivity index (χ4n) is 1.95. The molecule has 3 rings (SSSR count). The van der Waals surface area contributed by atoms with E-state index in [1.54, 1.807) is 30.3 Å². The van der Waals surface area contributed by atoms with Gasteiger partial charge in [0.2, 0.25) is 0 Å². The summed E-state index contributed by atoms with van der Waals surface area (Å²) in [7, 11) is 0. The fraction of sp³-hybridized carbons (Fsp3) is 0. The van der Waals surface area contributed by atoms with Gasteiger partial charge in [0.1, 0.15) is 23.0 Å². The molecule has 24 heavy (non-hydrogen) atoms. The molecular weight excluding hydrogens is 308 g/mol. The molecule has 0 fully saturated rings. The van der Waals surface area contributed by atoms with E-state index in [2.05, 4.69) is 0 Å².